The zero-order chi connectivity index (χ0) is 15.1. The van der Waals surface area contributed by atoms with E-state index in [4.69, 9.17) is 16.7 Å². The number of benzene rings is 1. The number of hydrogen-bond donors (Lipinski definition) is 1. The molecule has 1 aromatic rings. The summed E-state index contributed by atoms with van der Waals surface area (Å²) in [6.07, 6.45) is 1.39. The summed E-state index contributed by atoms with van der Waals surface area (Å²) < 4.78 is 13.7. The van der Waals surface area contributed by atoms with Crippen molar-refractivity contribution in [1.82, 2.24) is 4.90 Å². The van der Waals surface area contributed by atoms with Gasteiger partial charge in [0.1, 0.15) is 5.82 Å². The highest BCUT2D eigenvalue weighted by Crippen LogP contribution is 2.21. The van der Waals surface area contributed by atoms with Gasteiger partial charge in [-0.1, -0.05) is 31.0 Å². The molecule has 1 rings (SSSR count). The van der Waals surface area contributed by atoms with Crippen molar-refractivity contribution in [1.29, 1.82) is 0 Å². The van der Waals surface area contributed by atoms with Gasteiger partial charge in [-0.25, -0.2) is 4.39 Å². The van der Waals surface area contributed by atoms with E-state index in [9.17, 15) is 14.0 Å². The molecule has 0 unspecified atom stereocenters. The average Bonchev–Trinajstić information content (AvgIpc) is 2.38. The maximum Gasteiger partial charge on any atom is 0.305 e. The first kappa shape index (κ1) is 16.4. The molecular formula is C14H17ClFNO3. The molecule has 20 heavy (non-hydrogen) atoms. The molecule has 0 aliphatic heterocycles. The van der Waals surface area contributed by atoms with Gasteiger partial charge in [0, 0.05) is 13.1 Å². The third-order valence-corrected chi connectivity index (χ3v) is 3.16. The van der Waals surface area contributed by atoms with Gasteiger partial charge >= 0.3 is 5.97 Å². The van der Waals surface area contributed by atoms with Crippen LogP contribution in [0.15, 0.2) is 18.2 Å². The number of halogens is 2. The molecule has 0 spiro atoms. The summed E-state index contributed by atoms with van der Waals surface area (Å²) in [6, 6.07) is 4.02. The van der Waals surface area contributed by atoms with Crippen molar-refractivity contribution in [2.24, 2.45) is 0 Å². The highest BCUT2D eigenvalue weighted by molar-refractivity contribution is 6.33. The summed E-state index contributed by atoms with van der Waals surface area (Å²) in [5, 5.41) is 8.75. The van der Waals surface area contributed by atoms with E-state index in [2.05, 4.69) is 0 Å². The number of rotatable bonds is 7. The number of carbonyl (C=O) groups is 2. The third-order valence-electron chi connectivity index (χ3n) is 2.84. The SMILES string of the molecule is CCCCN(CCC(=O)O)C(=O)c1c(F)cccc1Cl. The fourth-order valence-corrected chi connectivity index (χ4v) is 2.00. The number of amides is 1. The minimum atomic E-state index is -1.00. The van der Waals surface area contributed by atoms with Crippen LogP contribution in [0, 0.1) is 5.82 Å². The highest BCUT2D eigenvalue weighted by Gasteiger charge is 2.22. The van der Waals surface area contributed by atoms with Gasteiger partial charge in [-0.3, -0.25) is 9.59 Å². The Morgan fingerprint density at radius 3 is 2.60 bits per heavy atom. The third kappa shape index (κ3) is 4.49. The van der Waals surface area contributed by atoms with Gasteiger partial charge in [0.05, 0.1) is 17.0 Å². The maximum atomic E-state index is 13.7. The first-order chi connectivity index (χ1) is 9.47. The zero-order valence-corrected chi connectivity index (χ0v) is 12.0. The standard InChI is InChI=1S/C14H17ClFNO3/c1-2-3-8-17(9-7-12(18)19)14(20)13-10(15)5-4-6-11(13)16/h4-6H,2-3,7-9H2,1H3,(H,18,19). The Morgan fingerprint density at radius 2 is 2.05 bits per heavy atom. The van der Waals surface area contributed by atoms with Crippen molar-refractivity contribution in [3.8, 4) is 0 Å². The molecule has 0 aliphatic carbocycles. The van der Waals surface area contributed by atoms with Crippen molar-refractivity contribution in [2.45, 2.75) is 26.2 Å². The van der Waals surface area contributed by atoms with E-state index in [0.29, 0.717) is 6.54 Å². The van der Waals surface area contributed by atoms with Crippen LogP contribution in [0.1, 0.15) is 36.5 Å². The minimum Gasteiger partial charge on any atom is -0.481 e. The van der Waals surface area contributed by atoms with Crippen LogP contribution in [0.4, 0.5) is 4.39 Å². The summed E-state index contributed by atoms with van der Waals surface area (Å²) >= 11 is 5.86. The van der Waals surface area contributed by atoms with E-state index in [1.54, 1.807) is 0 Å². The van der Waals surface area contributed by atoms with Crippen molar-refractivity contribution in [3.63, 3.8) is 0 Å². The molecular weight excluding hydrogens is 285 g/mol. The van der Waals surface area contributed by atoms with E-state index in [0.717, 1.165) is 18.9 Å². The molecule has 0 aromatic heterocycles. The monoisotopic (exact) mass is 301 g/mol. The molecule has 0 heterocycles. The second-order valence-corrected chi connectivity index (χ2v) is 4.79. The largest absolute Gasteiger partial charge is 0.481 e. The molecule has 6 heteroatoms. The van der Waals surface area contributed by atoms with Crippen molar-refractivity contribution in [3.05, 3.63) is 34.6 Å². The molecule has 0 bridgehead atoms. The van der Waals surface area contributed by atoms with Crippen LogP contribution in [-0.2, 0) is 4.79 Å². The average molecular weight is 302 g/mol. The molecule has 0 aliphatic rings. The van der Waals surface area contributed by atoms with Crippen LogP contribution < -0.4 is 0 Å². The van der Waals surface area contributed by atoms with Crippen molar-refractivity contribution >= 4 is 23.5 Å². The lowest BCUT2D eigenvalue weighted by Gasteiger charge is -2.22. The van der Waals surface area contributed by atoms with E-state index in [1.807, 2.05) is 6.92 Å². The van der Waals surface area contributed by atoms with Crippen molar-refractivity contribution < 1.29 is 19.1 Å². The number of carbonyl (C=O) groups excluding carboxylic acids is 1. The molecule has 1 amide bonds. The Labute approximate surface area is 122 Å². The number of carboxylic acids is 1. The highest BCUT2D eigenvalue weighted by atomic mass is 35.5. The normalized spacial score (nSPS) is 10.3. The number of nitrogens with zero attached hydrogens (tertiary/aromatic N) is 1. The Balaban J connectivity index is 2.93. The van der Waals surface area contributed by atoms with Gasteiger partial charge in [-0.05, 0) is 18.6 Å². The lowest BCUT2D eigenvalue weighted by Crippen LogP contribution is -2.34. The van der Waals surface area contributed by atoms with Gasteiger partial charge in [0.2, 0.25) is 0 Å². The summed E-state index contributed by atoms with van der Waals surface area (Å²) in [5.74, 6) is -2.26. The van der Waals surface area contributed by atoms with E-state index >= 15 is 0 Å². The van der Waals surface area contributed by atoms with Gasteiger partial charge in [0.15, 0.2) is 0 Å². The van der Waals surface area contributed by atoms with Crippen LogP contribution in [-0.4, -0.2) is 35.0 Å². The Hall–Kier alpha value is -1.62. The summed E-state index contributed by atoms with van der Waals surface area (Å²) in [6.45, 7) is 2.38. The fraction of sp³-hybridized carbons (Fsp3) is 0.429. The van der Waals surface area contributed by atoms with Crippen LogP contribution in [0.5, 0.6) is 0 Å². The zero-order valence-electron chi connectivity index (χ0n) is 11.2. The van der Waals surface area contributed by atoms with E-state index < -0.39 is 17.7 Å². The molecule has 0 saturated heterocycles. The van der Waals surface area contributed by atoms with Crippen LogP contribution in [0.2, 0.25) is 5.02 Å². The van der Waals surface area contributed by atoms with Gasteiger partial charge in [0.25, 0.3) is 5.91 Å². The molecule has 4 nitrogen and oxygen atoms in total. The number of carboxylic acid groups (broad SMARTS) is 1. The smallest absolute Gasteiger partial charge is 0.305 e. The number of aliphatic carboxylic acids is 1. The van der Waals surface area contributed by atoms with Gasteiger partial charge in [-0.15, -0.1) is 0 Å². The fourth-order valence-electron chi connectivity index (χ4n) is 1.75. The molecule has 0 fully saturated rings. The van der Waals surface area contributed by atoms with E-state index in [-0.39, 0.29) is 23.6 Å². The Bertz CT molecular complexity index is 473. The lowest BCUT2D eigenvalue weighted by molar-refractivity contribution is -0.137. The van der Waals surface area contributed by atoms with Crippen LogP contribution in [0.25, 0.3) is 0 Å². The lowest BCUT2D eigenvalue weighted by atomic mass is 10.1. The first-order valence-electron chi connectivity index (χ1n) is 6.42. The van der Waals surface area contributed by atoms with Gasteiger partial charge < -0.3 is 10.0 Å². The summed E-state index contributed by atoms with van der Waals surface area (Å²) in [4.78, 5) is 24.3. The Morgan fingerprint density at radius 1 is 1.35 bits per heavy atom. The van der Waals surface area contributed by atoms with Crippen molar-refractivity contribution in [2.75, 3.05) is 13.1 Å². The molecule has 110 valence electrons. The molecule has 1 N–H and O–H groups in total. The first-order valence-corrected chi connectivity index (χ1v) is 6.80. The topological polar surface area (TPSA) is 57.6 Å². The predicted molar refractivity (Wildman–Crippen MR) is 74.5 cm³/mol. The maximum absolute atomic E-state index is 13.7. The van der Waals surface area contributed by atoms with E-state index in [1.165, 1.54) is 17.0 Å². The summed E-state index contributed by atoms with van der Waals surface area (Å²) in [5.41, 5.74) is -0.198. The van der Waals surface area contributed by atoms with Crippen LogP contribution in [0.3, 0.4) is 0 Å². The predicted octanol–water partition coefficient (Wildman–Crippen LogP) is 3.20. The Kier molecular flexibility index (Phi) is 6.45. The number of unbranched alkanes of at least 4 members (excludes halogenated alkanes) is 1. The molecule has 0 atom stereocenters. The van der Waals surface area contributed by atoms with Gasteiger partial charge in [-0.2, -0.15) is 0 Å². The minimum absolute atomic E-state index is 0.0341. The second-order valence-electron chi connectivity index (χ2n) is 4.39. The molecule has 0 radical (unpaired) electrons. The van der Waals surface area contributed by atoms with Crippen LogP contribution >= 0.6 is 11.6 Å². The second kappa shape index (κ2) is 7.85. The number of hydrogen-bond acceptors (Lipinski definition) is 2. The quantitative estimate of drug-likeness (QED) is 0.841. The molecule has 0 saturated carbocycles. The molecule has 1 aromatic carbocycles. The summed E-state index contributed by atoms with van der Waals surface area (Å²) in [7, 11) is 0.